The number of ether oxygens (including phenoxy) is 2. The smallest absolute Gasteiger partial charge is 0.251 e. The number of fused-ring (bicyclic) bond motifs is 3. The van der Waals surface area contributed by atoms with Gasteiger partial charge in [-0.2, -0.15) is 0 Å². The van der Waals surface area contributed by atoms with E-state index in [9.17, 15) is 26.4 Å². The molecule has 1 fully saturated rings. The molecule has 14 heteroatoms. The first-order valence-corrected chi connectivity index (χ1v) is 15.2. The van der Waals surface area contributed by atoms with Gasteiger partial charge in [0.25, 0.3) is 5.91 Å². The molecule has 0 spiro atoms. The highest BCUT2D eigenvalue weighted by Gasteiger charge is 2.41. The topological polar surface area (TPSA) is 124 Å². The highest BCUT2D eigenvalue weighted by molar-refractivity contribution is 7.92. The lowest BCUT2D eigenvalue weighted by molar-refractivity contribution is 0.0949. The van der Waals surface area contributed by atoms with Crippen LogP contribution in [0.5, 0.6) is 11.5 Å². The Balaban J connectivity index is 1.12. The third kappa shape index (κ3) is 4.98. The fraction of sp³-hybridized carbons (Fsp3) is 0.310. The van der Waals surface area contributed by atoms with Gasteiger partial charge in [0.05, 0.1) is 30.9 Å². The van der Waals surface area contributed by atoms with Gasteiger partial charge in [0.15, 0.2) is 23.1 Å². The summed E-state index contributed by atoms with van der Waals surface area (Å²) in [6.45, 7) is 0.514. The molecule has 10 nitrogen and oxygen atoms in total. The number of nitrogens with zero attached hydrogens (tertiary/aromatic N) is 4. The average molecular weight is 612 g/mol. The van der Waals surface area contributed by atoms with Crippen molar-refractivity contribution in [2.45, 2.75) is 41.9 Å². The highest BCUT2D eigenvalue weighted by atomic mass is 32.2. The zero-order valence-electron chi connectivity index (χ0n) is 22.5. The van der Waals surface area contributed by atoms with E-state index in [1.807, 2.05) is 17.0 Å². The second-order valence-electron chi connectivity index (χ2n) is 10.5. The van der Waals surface area contributed by atoms with Crippen LogP contribution >= 0.6 is 0 Å². The van der Waals surface area contributed by atoms with Gasteiger partial charge in [-0.25, -0.2) is 31.6 Å². The number of carbonyl (C=O) groups excluding carboxylic acids is 1. The Hall–Kier alpha value is -4.46. The van der Waals surface area contributed by atoms with Gasteiger partial charge in [0, 0.05) is 35.2 Å². The van der Waals surface area contributed by atoms with Gasteiger partial charge >= 0.3 is 0 Å². The van der Waals surface area contributed by atoms with Gasteiger partial charge in [0.2, 0.25) is 15.3 Å². The minimum atomic E-state index is -4.53. The Kier molecular flexibility index (Phi) is 6.60. The summed E-state index contributed by atoms with van der Waals surface area (Å²) in [5.41, 5.74) is -0.878. The first kappa shape index (κ1) is 27.4. The molecule has 1 N–H and O–H groups in total. The zero-order valence-corrected chi connectivity index (χ0v) is 23.3. The molecule has 1 aliphatic carbocycles. The lowest BCUT2D eigenvalue weighted by Gasteiger charge is -2.29. The molecular formula is C29H24F3N5O5S. The summed E-state index contributed by atoms with van der Waals surface area (Å²) < 4.78 is 78.5. The van der Waals surface area contributed by atoms with Gasteiger partial charge in [-0.3, -0.25) is 9.78 Å². The summed E-state index contributed by atoms with van der Waals surface area (Å²) in [5.74, 6) is -0.902. The normalized spacial score (nSPS) is 22.0. The maximum atomic E-state index is 14.7. The summed E-state index contributed by atoms with van der Waals surface area (Å²) in [6.07, 6.45) is 0.727. The first-order chi connectivity index (χ1) is 20.7. The van der Waals surface area contributed by atoms with Crippen LogP contribution in [-0.4, -0.2) is 60.7 Å². The predicted molar refractivity (Wildman–Crippen MR) is 148 cm³/mol. The van der Waals surface area contributed by atoms with Crippen molar-refractivity contribution in [2.24, 2.45) is 0 Å². The van der Waals surface area contributed by atoms with Crippen molar-refractivity contribution < 1.29 is 35.9 Å². The number of carbonyl (C=O) groups is 1. The predicted octanol–water partition coefficient (Wildman–Crippen LogP) is 4.30. The van der Waals surface area contributed by atoms with Crippen LogP contribution in [0.25, 0.3) is 10.9 Å². The van der Waals surface area contributed by atoms with E-state index >= 15 is 0 Å². The van der Waals surface area contributed by atoms with Crippen molar-refractivity contribution in [1.82, 2.24) is 20.3 Å². The molecule has 0 saturated heterocycles. The fourth-order valence-electron chi connectivity index (χ4n) is 5.17. The quantitative estimate of drug-likeness (QED) is 0.352. The summed E-state index contributed by atoms with van der Waals surface area (Å²) in [5, 5.41) is 3.33. The van der Waals surface area contributed by atoms with Crippen molar-refractivity contribution in [2.75, 3.05) is 24.7 Å². The first-order valence-electron chi connectivity index (χ1n) is 13.6. The minimum absolute atomic E-state index is 0.0779. The fourth-order valence-corrected chi connectivity index (χ4v) is 6.56. The van der Waals surface area contributed by atoms with Crippen molar-refractivity contribution in [3.63, 3.8) is 0 Å². The van der Waals surface area contributed by atoms with E-state index in [1.165, 1.54) is 0 Å². The molecule has 1 aromatic carbocycles. The van der Waals surface area contributed by atoms with Crippen LogP contribution in [0.3, 0.4) is 0 Å². The minimum Gasteiger partial charge on any atom is -0.489 e. The number of pyridine rings is 3. The summed E-state index contributed by atoms with van der Waals surface area (Å²) in [7, 11) is -4.53. The lowest BCUT2D eigenvalue weighted by atomic mass is 10.2. The molecule has 2 aliphatic heterocycles. The third-order valence-electron chi connectivity index (χ3n) is 7.61. The second kappa shape index (κ2) is 10.4. The molecule has 5 heterocycles. The largest absolute Gasteiger partial charge is 0.489 e. The van der Waals surface area contributed by atoms with Crippen LogP contribution in [0, 0.1) is 5.82 Å². The van der Waals surface area contributed by atoms with E-state index in [-0.39, 0.29) is 24.6 Å². The van der Waals surface area contributed by atoms with Crippen LogP contribution in [-0.2, 0) is 16.4 Å². The Morgan fingerprint density at radius 2 is 1.91 bits per heavy atom. The maximum absolute atomic E-state index is 14.7. The van der Waals surface area contributed by atoms with E-state index in [1.54, 1.807) is 24.4 Å². The van der Waals surface area contributed by atoms with E-state index in [0.717, 1.165) is 17.5 Å². The number of hydrogen-bond acceptors (Lipinski definition) is 9. The summed E-state index contributed by atoms with van der Waals surface area (Å²) in [6, 6.07) is 10.7. The van der Waals surface area contributed by atoms with Gasteiger partial charge in [-0.1, -0.05) is 0 Å². The molecule has 1 saturated carbocycles. The Morgan fingerprint density at radius 1 is 1.07 bits per heavy atom. The van der Waals surface area contributed by atoms with Gasteiger partial charge in [-0.15, -0.1) is 0 Å². The number of aromatic nitrogens is 3. The summed E-state index contributed by atoms with van der Waals surface area (Å²) in [4.78, 5) is 27.9. The average Bonchev–Trinajstić information content (AvgIpc) is 3.76. The Morgan fingerprint density at radius 3 is 2.72 bits per heavy atom. The molecule has 3 aliphatic rings. The van der Waals surface area contributed by atoms with E-state index in [0.29, 0.717) is 53.9 Å². The van der Waals surface area contributed by atoms with Gasteiger partial charge < -0.3 is 19.7 Å². The molecule has 3 atom stereocenters. The maximum Gasteiger partial charge on any atom is 0.251 e. The van der Waals surface area contributed by atoms with Crippen molar-refractivity contribution in [3.05, 3.63) is 71.4 Å². The monoisotopic (exact) mass is 611 g/mol. The molecule has 43 heavy (non-hydrogen) atoms. The molecule has 0 unspecified atom stereocenters. The molecule has 0 bridgehead atoms. The van der Waals surface area contributed by atoms with Crippen molar-refractivity contribution >= 4 is 38.3 Å². The third-order valence-corrected chi connectivity index (χ3v) is 9.44. The number of amides is 1. The van der Waals surface area contributed by atoms with Gasteiger partial charge in [-0.05, 0) is 48.9 Å². The molecular weight excluding hydrogens is 587 g/mol. The number of anilines is 2. The molecule has 1 amide bonds. The lowest BCUT2D eigenvalue weighted by Crippen LogP contribution is -2.30. The van der Waals surface area contributed by atoms with Crippen LogP contribution in [0.4, 0.5) is 24.8 Å². The van der Waals surface area contributed by atoms with Gasteiger partial charge in [0.1, 0.15) is 23.5 Å². The molecule has 0 radical (unpaired) electrons. The van der Waals surface area contributed by atoms with Crippen LogP contribution < -0.4 is 19.7 Å². The molecule has 222 valence electrons. The van der Waals surface area contributed by atoms with Crippen LogP contribution in [0.15, 0.2) is 53.6 Å². The standard InChI is InChI=1S/C29H24F3N5O5S/c30-19-12-18(19)21-2-3-23-28(36-21)37(6-8-41-23)26-4-1-15-13-33-17(11-22(15)35-26)14-34-29(38)16-9-20(31)27-24(10-16)43(39,40)25(32)5-7-42-27/h1-4,9-11,13,18-19,25H,5-8,12,14H2,(H,34,38)/t18-,19+,25+/m0/s1. The molecule has 3 aromatic heterocycles. The molecule has 7 rings (SSSR count). The highest BCUT2D eigenvalue weighted by Crippen LogP contribution is 2.45. The van der Waals surface area contributed by atoms with Crippen molar-refractivity contribution in [3.8, 4) is 11.5 Å². The number of rotatable bonds is 5. The van der Waals surface area contributed by atoms with Crippen LogP contribution in [0.1, 0.15) is 40.5 Å². The van der Waals surface area contributed by atoms with Crippen molar-refractivity contribution in [1.29, 1.82) is 0 Å². The number of benzene rings is 1. The number of sulfone groups is 1. The van der Waals surface area contributed by atoms with E-state index < -0.39 is 50.3 Å². The number of nitrogens with one attached hydrogen (secondary N) is 1. The van der Waals surface area contributed by atoms with E-state index in [4.69, 9.17) is 14.5 Å². The number of alkyl halides is 2. The Labute approximate surface area is 243 Å². The Bertz CT molecular complexity index is 1890. The zero-order chi connectivity index (χ0) is 29.9. The van der Waals surface area contributed by atoms with Crippen LogP contribution in [0.2, 0.25) is 0 Å². The number of halogens is 3. The molecule has 4 aromatic rings. The van der Waals surface area contributed by atoms with E-state index in [2.05, 4.69) is 15.3 Å². The SMILES string of the molecule is O=C(NCc1cc2nc(N3CCOc4ccc([C@H]5C[C@H]5F)nc43)ccc2cn1)c1cc(F)c2c(c1)S(=O)(=O)[C@@H](F)CCO2. The summed E-state index contributed by atoms with van der Waals surface area (Å²) >= 11 is 0. The number of hydrogen-bond donors (Lipinski definition) is 1. The second-order valence-corrected chi connectivity index (χ2v) is 12.6.